The molecule has 0 saturated heterocycles. The minimum atomic E-state index is -1.24. The van der Waals surface area contributed by atoms with Gasteiger partial charge in [-0.15, -0.1) is 0 Å². The molecule has 0 bridgehead atoms. The first kappa shape index (κ1) is 7.62. The molecule has 0 aliphatic carbocycles. The van der Waals surface area contributed by atoms with E-state index in [2.05, 4.69) is 19.4 Å². The van der Waals surface area contributed by atoms with Gasteiger partial charge in [0.25, 0.3) is 0 Å². The fourth-order valence-corrected chi connectivity index (χ4v) is 3.74. The van der Waals surface area contributed by atoms with Crippen LogP contribution in [0.2, 0.25) is 0 Å². The third-order valence-electron chi connectivity index (χ3n) is 1.50. The van der Waals surface area contributed by atoms with Gasteiger partial charge in [0.2, 0.25) is 0 Å². The summed E-state index contributed by atoms with van der Waals surface area (Å²) in [7, 11) is 0. The van der Waals surface area contributed by atoms with E-state index in [1.807, 2.05) is 29.8 Å². The summed E-state index contributed by atoms with van der Waals surface area (Å²) in [5.41, 5.74) is 2.88. The Morgan fingerprint density at radius 1 is 1.36 bits per heavy atom. The molecule has 4 heteroatoms. The van der Waals surface area contributed by atoms with E-state index in [1.165, 1.54) is 4.90 Å². The Morgan fingerprint density at radius 3 is 2.82 bits per heavy atom. The van der Waals surface area contributed by atoms with E-state index in [-0.39, 0.29) is 0 Å². The van der Waals surface area contributed by atoms with Crippen molar-refractivity contribution in [3.8, 4) is 0 Å². The number of fused-ring (bicyclic) bond motifs is 1. The maximum atomic E-state index is 5.34. The zero-order chi connectivity index (χ0) is 7.90. The molecule has 0 fully saturated rings. The zero-order valence-electron chi connectivity index (χ0n) is 5.56. The Kier molecular flexibility index (Phi) is 1.72. The average molecular weight is 246 g/mol. The van der Waals surface area contributed by atoms with Gasteiger partial charge in [-0.3, -0.25) is 0 Å². The first-order chi connectivity index (χ1) is 5.20. The third-order valence-corrected chi connectivity index (χ3v) is 5.31. The molecule has 56 valence electrons. The normalized spacial score (nSPS) is 26.9. The van der Waals surface area contributed by atoms with E-state index in [4.69, 9.17) is 11.2 Å². The van der Waals surface area contributed by atoms with Crippen LogP contribution in [0, 0.1) is 0 Å². The number of hydrogen-bond donors (Lipinski definition) is 0. The topological polar surface area (TPSA) is 12.4 Å². The van der Waals surface area contributed by atoms with Gasteiger partial charge in [-0.05, 0) is 0 Å². The molecule has 0 radical (unpaired) electrons. The van der Waals surface area contributed by atoms with E-state index >= 15 is 0 Å². The van der Waals surface area contributed by atoms with Crippen molar-refractivity contribution in [2.24, 2.45) is 4.99 Å². The van der Waals surface area contributed by atoms with Crippen LogP contribution >= 0.6 is 0 Å². The van der Waals surface area contributed by atoms with Crippen LogP contribution in [0.4, 0.5) is 5.69 Å². The van der Waals surface area contributed by atoms with Crippen molar-refractivity contribution in [1.29, 1.82) is 0 Å². The van der Waals surface area contributed by atoms with Gasteiger partial charge in [0.1, 0.15) is 0 Å². The summed E-state index contributed by atoms with van der Waals surface area (Å²) in [4.78, 5) is 5.40. The summed E-state index contributed by atoms with van der Waals surface area (Å²) < 4.78 is 0. The second-order valence-corrected chi connectivity index (χ2v) is 10.3. The van der Waals surface area contributed by atoms with Crippen LogP contribution < -0.4 is 0 Å². The van der Waals surface area contributed by atoms with E-state index < -0.39 is 6.51 Å². The molecule has 0 amide bonds. The molecule has 0 spiro atoms. The second-order valence-electron chi connectivity index (χ2n) is 2.25. The van der Waals surface area contributed by atoms with Gasteiger partial charge in [0, 0.05) is 0 Å². The van der Waals surface area contributed by atoms with Crippen LogP contribution in [-0.4, -0.2) is 19.9 Å². The number of aliphatic imine (C=N–C) groups is 1. The molecule has 1 nitrogen and oxygen atoms in total. The molecule has 1 unspecified atom stereocenters. The van der Waals surface area contributed by atoms with Gasteiger partial charge in [0.05, 0.1) is 0 Å². The van der Waals surface area contributed by atoms with Crippen molar-refractivity contribution in [2.75, 3.05) is 0 Å². The zero-order valence-corrected chi connectivity index (χ0v) is 8.90. The molecule has 11 heavy (non-hydrogen) atoms. The summed E-state index contributed by atoms with van der Waals surface area (Å²) >= 11 is 8.36. The Balaban J connectivity index is 2.84. The average Bonchev–Trinajstić information content (AvgIpc) is 2.29. The van der Waals surface area contributed by atoms with Gasteiger partial charge in [0.15, 0.2) is 0 Å². The Labute approximate surface area is 77.4 Å². The summed E-state index contributed by atoms with van der Waals surface area (Å²) in [6.45, 7) is -1.24. The Bertz CT molecular complexity index is 420. The molecule has 0 aromatic heterocycles. The summed E-state index contributed by atoms with van der Waals surface area (Å²) in [5.74, 6) is 0. The van der Waals surface area contributed by atoms with E-state index in [0.29, 0.717) is 0 Å². The maximum absolute atomic E-state index is 5.34. The summed E-state index contributed by atoms with van der Waals surface area (Å²) in [6, 6.07) is 8.01. The Hall–Kier alpha value is -0.0205. The molecule has 0 N–H and O–H groups in total. The van der Waals surface area contributed by atoms with Crippen molar-refractivity contribution >= 4 is 43.3 Å². The van der Waals surface area contributed by atoms with Gasteiger partial charge < -0.3 is 0 Å². The van der Waals surface area contributed by atoms with Crippen molar-refractivity contribution in [3.05, 3.63) is 24.3 Å². The molecular formula is C7H5NS2Se. The van der Waals surface area contributed by atoms with Crippen LogP contribution in [0.5, 0.6) is 0 Å². The number of nitrogens with zero attached hydrogens (tertiary/aromatic N) is 1. The first-order valence-corrected chi connectivity index (χ1v) is 7.73. The van der Waals surface area contributed by atoms with Gasteiger partial charge in [-0.2, -0.15) is 0 Å². The van der Waals surface area contributed by atoms with E-state index in [1.54, 1.807) is 0 Å². The third kappa shape index (κ3) is 1.20. The predicted molar refractivity (Wildman–Crippen MR) is 53.3 cm³/mol. The van der Waals surface area contributed by atoms with Crippen LogP contribution in [0.25, 0.3) is 0 Å². The molecule has 1 heterocycles. The SMILES string of the molecule is S=S1(=[Se])C=Nc2ccccc21. The number of hydrogen-bond acceptors (Lipinski definition) is 2. The number of para-hydroxylation sites is 1. The molecule has 1 aliphatic rings. The first-order valence-electron chi connectivity index (χ1n) is 3.08. The second kappa shape index (κ2) is 2.49. The van der Waals surface area contributed by atoms with Crippen LogP contribution in [0.1, 0.15) is 0 Å². The minimum absolute atomic E-state index is 1.02. The Morgan fingerprint density at radius 2 is 2.09 bits per heavy atom. The van der Waals surface area contributed by atoms with Crippen LogP contribution in [0.15, 0.2) is 34.2 Å². The molecule has 1 aromatic carbocycles. The standard InChI is InChI=1S/C7H5NS2Se/c9-10(11)5-8-6-3-1-2-4-7(6)10/h1-5H. The fraction of sp³-hybridized carbons (Fsp3) is 0. The van der Waals surface area contributed by atoms with Crippen LogP contribution in [0.3, 0.4) is 0 Å². The van der Waals surface area contributed by atoms with Crippen molar-refractivity contribution in [3.63, 3.8) is 0 Å². The summed E-state index contributed by atoms with van der Waals surface area (Å²) in [5, 5.41) is 0. The number of benzene rings is 1. The van der Waals surface area contributed by atoms with E-state index in [0.717, 1.165) is 5.69 Å². The monoisotopic (exact) mass is 247 g/mol. The van der Waals surface area contributed by atoms with Gasteiger partial charge in [-0.1, -0.05) is 0 Å². The van der Waals surface area contributed by atoms with Gasteiger partial charge >= 0.3 is 77.5 Å². The number of rotatable bonds is 0. The molecule has 1 aliphatic heterocycles. The molecule has 1 aromatic rings. The summed E-state index contributed by atoms with van der Waals surface area (Å²) in [6.07, 6.45) is 0. The molecule has 2 rings (SSSR count). The predicted octanol–water partition coefficient (Wildman–Crippen LogP) is 1.42. The van der Waals surface area contributed by atoms with Crippen molar-refractivity contribution in [1.82, 2.24) is 0 Å². The van der Waals surface area contributed by atoms with Crippen LogP contribution in [-0.2, 0) is 17.7 Å². The quantitative estimate of drug-likeness (QED) is 0.631. The van der Waals surface area contributed by atoms with Gasteiger partial charge in [-0.25, -0.2) is 0 Å². The fourth-order valence-electron chi connectivity index (χ4n) is 0.987. The van der Waals surface area contributed by atoms with Crippen molar-refractivity contribution < 1.29 is 0 Å². The molecular weight excluding hydrogens is 241 g/mol. The van der Waals surface area contributed by atoms with Crippen molar-refractivity contribution in [2.45, 2.75) is 4.90 Å². The molecule has 0 saturated carbocycles. The molecule has 1 atom stereocenters. The van der Waals surface area contributed by atoms with E-state index in [9.17, 15) is 0 Å².